The van der Waals surface area contributed by atoms with Gasteiger partial charge in [0.1, 0.15) is 0 Å². The van der Waals surface area contributed by atoms with Gasteiger partial charge in [-0.25, -0.2) is 0 Å². The Labute approximate surface area is 100 Å². The van der Waals surface area contributed by atoms with Gasteiger partial charge in [-0.15, -0.1) is 0 Å². The lowest BCUT2D eigenvalue weighted by Gasteiger charge is -2.25. The van der Waals surface area contributed by atoms with E-state index in [1.165, 1.54) is 6.42 Å². The van der Waals surface area contributed by atoms with E-state index in [0.29, 0.717) is 18.9 Å². The van der Waals surface area contributed by atoms with Crippen molar-refractivity contribution in [2.75, 3.05) is 20.1 Å². The molecule has 0 heterocycles. The summed E-state index contributed by atoms with van der Waals surface area (Å²) in [6, 6.07) is 0. The maximum absolute atomic E-state index is 11.9. The van der Waals surface area contributed by atoms with Gasteiger partial charge in [-0.3, -0.25) is 4.79 Å². The zero-order valence-electron chi connectivity index (χ0n) is 11.5. The molecule has 1 amide bonds. The molecule has 0 bridgehead atoms. The van der Waals surface area contributed by atoms with Gasteiger partial charge >= 0.3 is 0 Å². The van der Waals surface area contributed by atoms with E-state index >= 15 is 0 Å². The molecule has 0 spiro atoms. The first-order valence-electron chi connectivity index (χ1n) is 6.22. The van der Waals surface area contributed by atoms with Crippen molar-refractivity contribution in [3.63, 3.8) is 0 Å². The molecule has 0 rings (SSSR count). The van der Waals surface area contributed by atoms with Crippen molar-refractivity contribution in [1.29, 1.82) is 0 Å². The molecule has 0 saturated carbocycles. The topological polar surface area (TPSA) is 46.3 Å². The van der Waals surface area contributed by atoms with E-state index in [2.05, 4.69) is 13.8 Å². The van der Waals surface area contributed by atoms with Crippen LogP contribution in [0.2, 0.25) is 0 Å². The number of hydrogen-bond acceptors (Lipinski definition) is 2. The Morgan fingerprint density at radius 2 is 1.94 bits per heavy atom. The molecule has 0 fully saturated rings. The van der Waals surface area contributed by atoms with Crippen molar-refractivity contribution in [2.45, 2.75) is 47.0 Å². The predicted molar refractivity (Wildman–Crippen MR) is 69.2 cm³/mol. The zero-order chi connectivity index (χ0) is 12.8. The van der Waals surface area contributed by atoms with Gasteiger partial charge in [-0.2, -0.15) is 0 Å². The number of carbonyl (C=O) groups excluding carboxylic acids is 1. The molecule has 0 aromatic carbocycles. The fourth-order valence-electron chi connectivity index (χ4n) is 1.48. The first kappa shape index (κ1) is 15.4. The van der Waals surface area contributed by atoms with E-state index in [9.17, 15) is 4.79 Å². The Balaban J connectivity index is 3.91. The number of hydrogen-bond donors (Lipinski definition) is 1. The lowest BCUT2D eigenvalue weighted by molar-refractivity contribution is -0.131. The summed E-state index contributed by atoms with van der Waals surface area (Å²) in [5.74, 6) is 0.920. The molecule has 3 nitrogen and oxygen atoms in total. The minimum atomic E-state index is -0.0800. The molecule has 3 heteroatoms. The summed E-state index contributed by atoms with van der Waals surface area (Å²) >= 11 is 0. The van der Waals surface area contributed by atoms with Gasteiger partial charge in [-0.05, 0) is 30.7 Å². The molecule has 16 heavy (non-hydrogen) atoms. The van der Waals surface area contributed by atoms with Crippen LogP contribution in [0.5, 0.6) is 0 Å². The predicted octanol–water partition coefficient (Wildman–Crippen LogP) is 2.26. The van der Waals surface area contributed by atoms with Crippen LogP contribution in [0.15, 0.2) is 0 Å². The van der Waals surface area contributed by atoms with Crippen LogP contribution in [0.1, 0.15) is 47.0 Å². The number of rotatable bonds is 7. The summed E-state index contributed by atoms with van der Waals surface area (Å²) in [5, 5.41) is 0. The van der Waals surface area contributed by atoms with Crippen LogP contribution in [-0.4, -0.2) is 30.9 Å². The van der Waals surface area contributed by atoms with E-state index in [4.69, 9.17) is 5.73 Å². The molecule has 0 atom stereocenters. The average molecular weight is 228 g/mol. The highest BCUT2D eigenvalue weighted by Gasteiger charge is 2.22. The lowest BCUT2D eigenvalue weighted by atomic mass is 9.89. The minimum absolute atomic E-state index is 0.0800. The SMILES string of the molecule is CC(C)CCCN(C)C(=O)CC(C)(C)CN. The van der Waals surface area contributed by atoms with Gasteiger partial charge in [0.2, 0.25) is 5.91 Å². The quantitative estimate of drug-likeness (QED) is 0.726. The van der Waals surface area contributed by atoms with Crippen LogP contribution in [0.3, 0.4) is 0 Å². The van der Waals surface area contributed by atoms with Crippen LogP contribution in [0.25, 0.3) is 0 Å². The lowest BCUT2D eigenvalue weighted by Crippen LogP contribution is -2.34. The molecule has 0 unspecified atom stereocenters. The largest absolute Gasteiger partial charge is 0.346 e. The zero-order valence-corrected chi connectivity index (χ0v) is 11.5. The van der Waals surface area contributed by atoms with Crippen molar-refractivity contribution in [2.24, 2.45) is 17.1 Å². The van der Waals surface area contributed by atoms with Crippen molar-refractivity contribution >= 4 is 5.91 Å². The molecule has 0 aliphatic carbocycles. The second-order valence-electron chi connectivity index (χ2n) is 5.90. The van der Waals surface area contributed by atoms with Gasteiger partial charge in [0.05, 0.1) is 0 Å². The third-order valence-corrected chi connectivity index (χ3v) is 2.88. The molecule has 0 radical (unpaired) electrons. The van der Waals surface area contributed by atoms with Crippen molar-refractivity contribution in [3.05, 3.63) is 0 Å². The number of carbonyl (C=O) groups is 1. The molecule has 2 N–H and O–H groups in total. The van der Waals surface area contributed by atoms with Crippen molar-refractivity contribution < 1.29 is 4.79 Å². The van der Waals surface area contributed by atoms with E-state index in [0.717, 1.165) is 13.0 Å². The van der Waals surface area contributed by atoms with Gasteiger partial charge < -0.3 is 10.6 Å². The van der Waals surface area contributed by atoms with E-state index in [-0.39, 0.29) is 11.3 Å². The summed E-state index contributed by atoms with van der Waals surface area (Å²) < 4.78 is 0. The summed E-state index contributed by atoms with van der Waals surface area (Å²) in [6.07, 6.45) is 2.81. The normalized spacial score (nSPS) is 11.9. The third-order valence-electron chi connectivity index (χ3n) is 2.88. The second-order valence-corrected chi connectivity index (χ2v) is 5.90. The molecule has 0 aliphatic rings. The third kappa shape index (κ3) is 6.83. The Hall–Kier alpha value is -0.570. The molecule has 0 aromatic heterocycles. The van der Waals surface area contributed by atoms with Gasteiger partial charge in [0.15, 0.2) is 0 Å². The van der Waals surface area contributed by atoms with E-state index in [1.54, 1.807) is 0 Å². The first-order valence-corrected chi connectivity index (χ1v) is 6.22. The maximum Gasteiger partial charge on any atom is 0.222 e. The summed E-state index contributed by atoms with van der Waals surface area (Å²) in [5.41, 5.74) is 5.54. The Morgan fingerprint density at radius 3 is 2.38 bits per heavy atom. The Morgan fingerprint density at radius 1 is 1.38 bits per heavy atom. The molecular weight excluding hydrogens is 200 g/mol. The van der Waals surface area contributed by atoms with Crippen LogP contribution in [0, 0.1) is 11.3 Å². The number of amides is 1. The second kappa shape index (κ2) is 6.89. The van der Waals surface area contributed by atoms with E-state index in [1.807, 2.05) is 25.8 Å². The molecule has 0 aliphatic heterocycles. The van der Waals surface area contributed by atoms with Crippen molar-refractivity contribution in [1.82, 2.24) is 4.90 Å². The fraction of sp³-hybridized carbons (Fsp3) is 0.923. The van der Waals surface area contributed by atoms with E-state index < -0.39 is 0 Å². The van der Waals surface area contributed by atoms with Gasteiger partial charge in [-0.1, -0.05) is 27.7 Å². The summed E-state index contributed by atoms with van der Waals surface area (Å²) in [4.78, 5) is 13.7. The number of nitrogens with two attached hydrogens (primary N) is 1. The molecule has 96 valence electrons. The smallest absolute Gasteiger partial charge is 0.222 e. The van der Waals surface area contributed by atoms with Gasteiger partial charge in [0.25, 0.3) is 0 Å². The molecule has 0 aromatic rings. The summed E-state index contributed by atoms with van der Waals surface area (Å²) in [7, 11) is 1.88. The fourth-order valence-corrected chi connectivity index (χ4v) is 1.48. The first-order chi connectivity index (χ1) is 7.28. The highest BCUT2D eigenvalue weighted by molar-refractivity contribution is 5.76. The summed E-state index contributed by atoms with van der Waals surface area (Å²) in [6.45, 7) is 9.90. The molecule has 0 saturated heterocycles. The highest BCUT2D eigenvalue weighted by Crippen LogP contribution is 2.19. The van der Waals surface area contributed by atoms with Crippen molar-refractivity contribution in [3.8, 4) is 0 Å². The monoisotopic (exact) mass is 228 g/mol. The van der Waals surface area contributed by atoms with Crippen LogP contribution in [-0.2, 0) is 4.79 Å². The maximum atomic E-state index is 11.9. The number of nitrogens with zero attached hydrogens (tertiary/aromatic N) is 1. The standard InChI is InChI=1S/C13H28N2O/c1-11(2)7-6-8-15(5)12(16)9-13(3,4)10-14/h11H,6-10,14H2,1-5H3. The van der Waals surface area contributed by atoms with Crippen LogP contribution < -0.4 is 5.73 Å². The van der Waals surface area contributed by atoms with Gasteiger partial charge in [0, 0.05) is 20.0 Å². The highest BCUT2D eigenvalue weighted by atomic mass is 16.2. The Bertz CT molecular complexity index is 212. The van der Waals surface area contributed by atoms with Crippen LogP contribution >= 0.6 is 0 Å². The minimum Gasteiger partial charge on any atom is -0.346 e. The average Bonchev–Trinajstić information content (AvgIpc) is 2.16. The Kier molecular flexibility index (Phi) is 6.65. The molecular formula is C13H28N2O. The van der Waals surface area contributed by atoms with Crippen LogP contribution in [0.4, 0.5) is 0 Å².